The number of hydrogen-bond acceptors (Lipinski definition) is 5. The molecule has 1 heterocycles. The van der Waals surface area contributed by atoms with Gasteiger partial charge in [0, 0.05) is 16.5 Å². The lowest BCUT2D eigenvalue weighted by Gasteiger charge is -2.20. The third-order valence-electron chi connectivity index (χ3n) is 4.06. The Morgan fingerprint density at radius 2 is 1.47 bits per heavy atom. The van der Waals surface area contributed by atoms with Crippen molar-refractivity contribution in [3.63, 3.8) is 0 Å². The molecule has 0 spiro atoms. The van der Waals surface area contributed by atoms with Gasteiger partial charge in [0.1, 0.15) is 17.3 Å². The Morgan fingerprint density at radius 3 is 1.97 bits per heavy atom. The van der Waals surface area contributed by atoms with E-state index in [1.165, 1.54) is 36.4 Å². The molecule has 0 saturated carbocycles. The molecule has 0 unspecified atom stereocenters. The van der Waals surface area contributed by atoms with E-state index in [1.54, 1.807) is 19.9 Å². The molecule has 2 aromatic carbocycles. The molecule has 0 atom stereocenters. The number of halogens is 1. The van der Waals surface area contributed by atoms with Crippen LogP contribution in [0.25, 0.3) is 22.2 Å². The van der Waals surface area contributed by atoms with E-state index < -0.39 is 27.4 Å². The molecule has 3 aromatic rings. The van der Waals surface area contributed by atoms with E-state index in [-0.39, 0.29) is 28.3 Å². The summed E-state index contributed by atoms with van der Waals surface area (Å²) >= 11 is 0. The summed E-state index contributed by atoms with van der Waals surface area (Å²) in [5.41, 5.74) is 1.01. The van der Waals surface area contributed by atoms with Crippen LogP contribution in [0.2, 0.25) is 0 Å². The molecule has 4 N–H and O–H groups in total. The van der Waals surface area contributed by atoms with Crippen molar-refractivity contribution in [2.24, 2.45) is 0 Å². The second-order valence-electron chi connectivity index (χ2n) is 6.74. The van der Waals surface area contributed by atoms with E-state index in [2.05, 4.69) is 4.98 Å². The minimum Gasteiger partial charge on any atom is -0.404 e. The van der Waals surface area contributed by atoms with E-state index in [4.69, 9.17) is 9.05 Å². The van der Waals surface area contributed by atoms with Gasteiger partial charge in [0.15, 0.2) is 0 Å². The maximum Gasteiger partial charge on any atom is 0.524 e. The summed E-state index contributed by atoms with van der Waals surface area (Å²) in [5.74, 6) is -1.51. The molecule has 12 heteroatoms. The molecule has 0 bridgehead atoms. The topological polar surface area (TPSA) is 146 Å². The number of rotatable bonds is 6. The number of nitrogens with zero attached hydrogens (tertiary/aromatic N) is 1. The van der Waals surface area contributed by atoms with E-state index in [9.17, 15) is 33.1 Å². The van der Waals surface area contributed by atoms with Crippen LogP contribution in [-0.4, -0.2) is 24.6 Å². The van der Waals surface area contributed by atoms with Crippen LogP contribution in [-0.2, 0) is 9.13 Å². The fourth-order valence-electron chi connectivity index (χ4n) is 2.98. The zero-order valence-electron chi connectivity index (χ0n) is 15.8. The van der Waals surface area contributed by atoms with Crippen molar-refractivity contribution in [3.8, 4) is 22.8 Å². The van der Waals surface area contributed by atoms with Crippen molar-refractivity contribution < 1.29 is 42.1 Å². The van der Waals surface area contributed by atoms with Gasteiger partial charge in [-0.15, -0.1) is 0 Å². The monoisotopic (exact) mass is 457 g/mol. The van der Waals surface area contributed by atoms with Gasteiger partial charge >= 0.3 is 15.6 Å². The molecule has 0 aliphatic carbocycles. The minimum absolute atomic E-state index is 0.0632. The lowest BCUT2D eigenvalue weighted by Crippen LogP contribution is -2.02. The first-order valence-electron chi connectivity index (χ1n) is 8.57. The van der Waals surface area contributed by atoms with Gasteiger partial charge in [0.05, 0.1) is 11.2 Å². The van der Waals surface area contributed by atoms with E-state index in [0.717, 1.165) is 0 Å². The van der Waals surface area contributed by atoms with Crippen molar-refractivity contribution in [1.29, 1.82) is 0 Å². The number of pyridine rings is 1. The Labute approximate surface area is 170 Å². The van der Waals surface area contributed by atoms with Crippen molar-refractivity contribution in [2.75, 3.05) is 0 Å². The van der Waals surface area contributed by atoms with Crippen LogP contribution >= 0.6 is 15.6 Å². The average molecular weight is 457 g/mol. The molecule has 30 heavy (non-hydrogen) atoms. The number of phosphoric acid groups is 2. The molecular weight excluding hydrogens is 439 g/mol. The van der Waals surface area contributed by atoms with Crippen molar-refractivity contribution in [3.05, 3.63) is 53.8 Å². The summed E-state index contributed by atoms with van der Waals surface area (Å²) in [6.45, 7) is 3.27. The van der Waals surface area contributed by atoms with Crippen LogP contribution in [0.1, 0.15) is 25.3 Å². The standard InChI is InChI=1S/C18H18FNO8P2/c1-10(2)18-16(27-29(21,22)23)8-12(9-17(18)28-30(24,25)26)15-5-3-11-7-13(19)4-6-14(11)20-15/h3-10H,1-2H3,(H2,21,22,23)(H2,24,25,26). The van der Waals surface area contributed by atoms with Gasteiger partial charge in [0.2, 0.25) is 0 Å². The predicted molar refractivity (Wildman–Crippen MR) is 107 cm³/mol. The first kappa shape index (κ1) is 22.4. The van der Waals surface area contributed by atoms with Crippen LogP contribution < -0.4 is 9.05 Å². The minimum atomic E-state index is -4.99. The van der Waals surface area contributed by atoms with Gasteiger partial charge in [-0.25, -0.2) is 18.5 Å². The smallest absolute Gasteiger partial charge is 0.404 e. The molecule has 0 saturated heterocycles. The zero-order chi connectivity index (χ0) is 22.3. The van der Waals surface area contributed by atoms with Crippen molar-refractivity contribution >= 4 is 26.5 Å². The second kappa shape index (κ2) is 8.07. The summed E-state index contributed by atoms with van der Waals surface area (Å²) in [4.78, 5) is 41.5. The third kappa shape index (κ3) is 5.43. The summed E-state index contributed by atoms with van der Waals surface area (Å²) in [6, 6.07) is 9.66. The molecule has 9 nitrogen and oxygen atoms in total. The Kier molecular flexibility index (Phi) is 6.02. The summed E-state index contributed by atoms with van der Waals surface area (Å²) < 4.78 is 45.8. The largest absolute Gasteiger partial charge is 0.524 e. The first-order valence-corrected chi connectivity index (χ1v) is 11.6. The fourth-order valence-corrected chi connectivity index (χ4v) is 3.80. The lowest BCUT2D eigenvalue weighted by molar-refractivity contribution is 0.278. The van der Waals surface area contributed by atoms with Gasteiger partial charge in [-0.2, -0.15) is 0 Å². The van der Waals surface area contributed by atoms with Crippen LogP contribution in [0.5, 0.6) is 11.5 Å². The maximum atomic E-state index is 13.4. The summed E-state index contributed by atoms with van der Waals surface area (Å²) in [5, 5.41) is 0.524. The first-order chi connectivity index (χ1) is 13.8. The van der Waals surface area contributed by atoms with Gasteiger partial charge in [-0.3, -0.25) is 19.6 Å². The number of benzene rings is 2. The van der Waals surface area contributed by atoms with Gasteiger partial charge in [-0.1, -0.05) is 19.9 Å². The fraction of sp³-hybridized carbons (Fsp3) is 0.167. The normalized spacial score (nSPS) is 12.4. The Balaban J connectivity index is 2.24. The Bertz CT molecular complexity index is 1160. The molecule has 0 aliphatic rings. The van der Waals surface area contributed by atoms with Crippen LogP contribution in [0.4, 0.5) is 4.39 Å². The molecule has 0 aliphatic heterocycles. The molecule has 1 aromatic heterocycles. The van der Waals surface area contributed by atoms with Crippen molar-refractivity contribution in [1.82, 2.24) is 4.98 Å². The van der Waals surface area contributed by atoms with E-state index in [0.29, 0.717) is 10.9 Å². The van der Waals surface area contributed by atoms with E-state index in [1.807, 2.05) is 0 Å². The SMILES string of the molecule is CC(C)c1c(OP(=O)(O)O)cc(-c2ccc3cc(F)ccc3n2)cc1OP(=O)(O)O. The van der Waals surface area contributed by atoms with Gasteiger partial charge in [-0.05, 0) is 42.3 Å². The third-order valence-corrected chi connectivity index (χ3v) is 4.93. The van der Waals surface area contributed by atoms with Gasteiger partial charge < -0.3 is 9.05 Å². The maximum absolute atomic E-state index is 13.4. The number of fused-ring (bicyclic) bond motifs is 1. The van der Waals surface area contributed by atoms with Crippen LogP contribution in [0.3, 0.4) is 0 Å². The van der Waals surface area contributed by atoms with E-state index >= 15 is 0 Å². The molecule has 0 amide bonds. The highest BCUT2D eigenvalue weighted by molar-refractivity contribution is 7.47. The summed E-state index contributed by atoms with van der Waals surface area (Å²) in [7, 11) is -9.99. The number of hydrogen-bond donors (Lipinski definition) is 4. The Morgan fingerprint density at radius 1 is 0.900 bits per heavy atom. The Hall–Kier alpha value is -2.32. The molecule has 0 fully saturated rings. The van der Waals surface area contributed by atoms with Gasteiger partial charge in [0.25, 0.3) is 0 Å². The quantitative estimate of drug-likeness (QED) is 0.402. The number of aromatic nitrogens is 1. The van der Waals surface area contributed by atoms with Crippen LogP contribution in [0, 0.1) is 5.82 Å². The molecule has 160 valence electrons. The zero-order valence-corrected chi connectivity index (χ0v) is 17.5. The molecule has 0 radical (unpaired) electrons. The summed E-state index contributed by atoms with van der Waals surface area (Å²) in [6.07, 6.45) is 0. The highest BCUT2D eigenvalue weighted by Crippen LogP contribution is 2.49. The van der Waals surface area contributed by atoms with Crippen LogP contribution in [0.15, 0.2) is 42.5 Å². The average Bonchev–Trinajstić information content (AvgIpc) is 2.57. The molecular formula is C18H18FNO8P2. The van der Waals surface area contributed by atoms with Crippen molar-refractivity contribution in [2.45, 2.75) is 19.8 Å². The number of phosphoric ester groups is 2. The molecule has 3 rings (SSSR count). The predicted octanol–water partition coefficient (Wildman–Crippen LogP) is 4.11. The lowest BCUT2D eigenvalue weighted by atomic mass is 9.97. The highest BCUT2D eigenvalue weighted by atomic mass is 31.2. The highest BCUT2D eigenvalue weighted by Gasteiger charge is 2.27. The second-order valence-corrected chi connectivity index (χ2v) is 9.07.